The fraction of sp³-hybridized carbons (Fsp3) is 0.308. The number of hydrogen-bond donors (Lipinski definition) is 6. The van der Waals surface area contributed by atoms with Gasteiger partial charge in [0.25, 0.3) is 0 Å². The largest absolute Gasteiger partial charge is 0.481 e. The van der Waals surface area contributed by atoms with Crippen LogP contribution in [-0.2, 0) is 38.2 Å². The topological polar surface area (TPSA) is 389 Å². The zero-order valence-corrected chi connectivity index (χ0v) is 76.6. The summed E-state index contributed by atoms with van der Waals surface area (Å²) in [5, 5.41) is 36.3. The van der Waals surface area contributed by atoms with Gasteiger partial charge in [0.05, 0.1) is 68.0 Å². The zero-order chi connectivity index (χ0) is 93.9. The molecule has 0 aliphatic carbocycles. The minimum absolute atomic E-state index is 0.0997. The van der Waals surface area contributed by atoms with Crippen LogP contribution in [0.25, 0.3) is 0 Å². The van der Waals surface area contributed by atoms with Gasteiger partial charge >= 0.3 is 47.9 Å². The lowest BCUT2D eigenvalue weighted by Crippen LogP contribution is -2.53. The molecule has 18 rings (SSSR count). The van der Waals surface area contributed by atoms with Crippen LogP contribution in [0.4, 0.5) is 44.6 Å². The first kappa shape index (κ1) is 93.3. The molecular weight excluding hydrogens is 1840 g/mol. The number of hydrogen-bond acceptors (Lipinski definition) is 27. The van der Waals surface area contributed by atoms with Gasteiger partial charge in [-0.1, -0.05) is 77.3 Å². The van der Waals surface area contributed by atoms with Crippen molar-refractivity contribution in [3.05, 3.63) is 277 Å². The number of nitrogens with two attached hydrogens (primary N) is 1. The van der Waals surface area contributed by atoms with Crippen LogP contribution in [0.5, 0.6) is 0 Å². The highest BCUT2D eigenvalue weighted by molar-refractivity contribution is 7.12. The number of carboxylic acids is 2. The fourth-order valence-corrected chi connectivity index (χ4v) is 20.0. The maximum atomic E-state index is 14.0. The number of benzene rings is 6. The summed E-state index contributed by atoms with van der Waals surface area (Å²) in [5.41, 5.74) is 13.0. The molecule has 133 heavy (non-hydrogen) atoms. The van der Waals surface area contributed by atoms with Crippen LogP contribution >= 0.6 is 68.8 Å². The Morgan fingerprint density at radius 1 is 0.436 bits per heavy atom. The number of esters is 3. The van der Waals surface area contributed by atoms with E-state index >= 15 is 0 Å². The number of primary amides is 1. The van der Waals surface area contributed by atoms with Crippen molar-refractivity contribution >= 4 is 157 Å². The van der Waals surface area contributed by atoms with Gasteiger partial charge < -0.3 is 60.8 Å². The number of methoxy groups -OCH3 is 3. The van der Waals surface area contributed by atoms with E-state index in [0.717, 1.165) is 0 Å². The second-order valence-electron chi connectivity index (χ2n) is 32.3. The Bertz CT molecular complexity index is 5970. The number of rotatable bonds is 23. The molecule has 6 fully saturated rings. The highest BCUT2D eigenvalue weighted by Crippen LogP contribution is 2.43. The number of amides is 7. The number of halogens is 6. The van der Waals surface area contributed by atoms with Crippen molar-refractivity contribution in [2.45, 2.75) is 61.9 Å². The number of amidine groups is 3. The summed E-state index contributed by atoms with van der Waals surface area (Å²) in [6, 6.07) is 29.5. The standard InChI is InChI=1S/2C31H30ClFN6O5S.C29H27ClFN7O4S/c2*1-17(29(40)41)18-3-6-20(7-4-18)39-15-21-14-37(10-11-38(21)31(39)43)16-24-25(30(42)44-2)26(22-8-5-19(33)13-23(22)32)36-27(35-24)28-34-9-12-45-28;1-42-28(40)23-22(34-26(27-33-8-11-43-27)35-24(23)20-7-4-17(31)12-21(20)30)15-36-9-10-37-19(13-36)14-38(29(37)41)18-5-2-16(3-6-18)25(32)39/h2*3-9,12-13,17,21,26H,10-11,14-16H2,1-2H3,(H,35,36)(H,40,41);2-8,11-12,19,24H,9-10,13-15H2,1H3,(H2,32,39)(H,34,35)/t17-,21+,26+;17-,21-,26-;19-,24-/m100/s1. The number of aromatic nitrogens is 3. The molecule has 690 valence electrons. The van der Waals surface area contributed by atoms with Gasteiger partial charge in [0.15, 0.2) is 32.5 Å². The Labute approximate surface area is 786 Å². The summed E-state index contributed by atoms with van der Waals surface area (Å²) in [6.07, 6.45) is 4.98. The van der Waals surface area contributed by atoms with Crippen LogP contribution < -0.4 is 36.4 Å². The molecule has 9 aromatic rings. The van der Waals surface area contributed by atoms with Crippen molar-refractivity contribution in [3.63, 3.8) is 0 Å². The first-order valence-electron chi connectivity index (χ1n) is 42.0. The number of thiazole rings is 3. The summed E-state index contributed by atoms with van der Waals surface area (Å²) >= 11 is 23.5. The third-order valence-electron chi connectivity index (χ3n) is 24.3. The van der Waals surface area contributed by atoms with E-state index in [9.17, 15) is 66.5 Å². The number of carboxylic acid groups (broad SMARTS) is 2. The summed E-state index contributed by atoms with van der Waals surface area (Å²) in [6.45, 7) is 10.3. The number of urea groups is 3. The van der Waals surface area contributed by atoms with Gasteiger partial charge in [-0.3, -0.25) is 58.8 Å². The smallest absolute Gasteiger partial charge is 0.338 e. The second-order valence-corrected chi connectivity index (χ2v) is 36.2. The van der Waals surface area contributed by atoms with E-state index in [2.05, 4.69) is 45.6 Å². The van der Waals surface area contributed by atoms with Gasteiger partial charge in [-0.15, -0.1) is 34.0 Å². The minimum atomic E-state index is -0.910. The van der Waals surface area contributed by atoms with E-state index in [0.29, 0.717) is 198 Å². The SMILES string of the molecule is COC(=O)C1=C(CN2CCN3C(=O)N(c4ccc(C(N)=O)cc4)C[C@@H]3C2)NC(c2nccs2)=N[C@H]1c1ccc(F)cc1Cl.COC(=O)C1=C(CN2CCN3C(=O)N(c4ccc([C@@H](C)C(=O)O)cc4)C[C@@H]3C2)NC(c2nccs2)=N[C@H]1c1ccc(F)cc1Cl.COC(=O)C1=C(CN2CCN3C(=O)N(c4ccc([C@H](C)C(=O)O)cc4)C[C@@H]3C2)NC(c2nccs2)=N[C@H]1c1ccc(F)cc1Cl. The molecule has 0 spiro atoms. The number of aliphatic carboxylic acids is 2. The van der Waals surface area contributed by atoms with Crippen molar-refractivity contribution in [3.8, 4) is 0 Å². The van der Waals surface area contributed by atoms with Gasteiger partial charge in [0, 0.05) is 204 Å². The van der Waals surface area contributed by atoms with Gasteiger partial charge in [-0.2, -0.15) is 0 Å². The number of ether oxygens (including phenoxy) is 3. The van der Waals surface area contributed by atoms with Crippen molar-refractivity contribution in [2.24, 2.45) is 20.7 Å². The Morgan fingerprint density at radius 3 is 0.970 bits per heavy atom. The first-order valence-corrected chi connectivity index (χ1v) is 45.8. The Hall–Kier alpha value is -13.0. The van der Waals surface area contributed by atoms with Crippen LogP contribution in [0, 0.1) is 17.5 Å². The summed E-state index contributed by atoms with van der Waals surface area (Å²) in [4.78, 5) is 159. The lowest BCUT2D eigenvalue weighted by Gasteiger charge is -2.38. The molecule has 7 amide bonds. The molecule has 3 aromatic heterocycles. The highest BCUT2D eigenvalue weighted by atomic mass is 35.5. The summed E-state index contributed by atoms with van der Waals surface area (Å²) in [7, 11) is 3.88. The molecule has 12 heterocycles. The molecule has 42 heteroatoms. The van der Waals surface area contributed by atoms with Crippen molar-refractivity contribution in [2.75, 3.05) is 134 Å². The minimum Gasteiger partial charge on any atom is -0.481 e. The molecule has 6 aromatic carbocycles. The van der Waals surface area contributed by atoms with Gasteiger partial charge in [0.2, 0.25) is 5.91 Å². The van der Waals surface area contributed by atoms with Crippen molar-refractivity contribution in [1.82, 2.24) is 60.3 Å². The first-order chi connectivity index (χ1) is 64.0. The molecule has 9 aliphatic rings. The molecule has 33 nitrogen and oxygen atoms in total. The van der Waals surface area contributed by atoms with Crippen LogP contribution in [-0.4, -0.2) is 264 Å². The molecule has 0 saturated carbocycles. The van der Waals surface area contributed by atoms with Gasteiger partial charge in [0.1, 0.15) is 35.6 Å². The van der Waals surface area contributed by atoms with Crippen LogP contribution in [0.3, 0.4) is 0 Å². The number of nitrogens with one attached hydrogen (secondary N) is 3. The summed E-state index contributed by atoms with van der Waals surface area (Å²) in [5.74, 6) is -5.55. The number of fused-ring (bicyclic) bond motifs is 3. The average molecular weight is 1930 g/mol. The molecular formula is C91H87Cl3F3N19O14S3. The predicted octanol–water partition coefficient (Wildman–Crippen LogP) is 11.7. The van der Waals surface area contributed by atoms with E-state index in [1.54, 1.807) is 120 Å². The quantitative estimate of drug-likeness (QED) is 0.0256. The predicted molar refractivity (Wildman–Crippen MR) is 494 cm³/mol. The number of carbonyl (C=O) groups excluding carboxylic acids is 7. The van der Waals surface area contributed by atoms with E-state index in [-0.39, 0.29) is 68.0 Å². The molecule has 0 unspecified atom stereocenters. The normalized spacial score (nSPS) is 20.8. The molecule has 9 aliphatic heterocycles. The maximum Gasteiger partial charge on any atom is 0.338 e. The van der Waals surface area contributed by atoms with Crippen LogP contribution in [0.1, 0.15) is 97.0 Å². The van der Waals surface area contributed by atoms with Crippen molar-refractivity contribution in [1.29, 1.82) is 0 Å². The molecule has 6 saturated heterocycles. The third kappa shape index (κ3) is 19.9. The van der Waals surface area contributed by atoms with E-state index in [1.165, 1.54) is 110 Å². The number of nitrogens with zero attached hydrogens (tertiary/aromatic N) is 15. The Balaban J connectivity index is 0.000000145. The monoisotopic (exact) mass is 1930 g/mol. The lowest BCUT2D eigenvalue weighted by molar-refractivity contribution is -0.139. The fourth-order valence-electron chi connectivity index (χ4n) is 17.4. The average Bonchev–Trinajstić information content (AvgIpc) is 1.76. The van der Waals surface area contributed by atoms with Crippen LogP contribution in [0.15, 0.2) is 211 Å². The van der Waals surface area contributed by atoms with Gasteiger partial charge in [-0.05, 0) is 110 Å². The van der Waals surface area contributed by atoms with Gasteiger partial charge in [-0.25, -0.2) is 56.9 Å². The Kier molecular flexibility index (Phi) is 28.2. The maximum absolute atomic E-state index is 14.0. The molecule has 7 N–H and O–H groups in total. The second kappa shape index (κ2) is 40.2. The summed E-state index contributed by atoms with van der Waals surface area (Å²) < 4.78 is 57.4. The highest BCUT2D eigenvalue weighted by Gasteiger charge is 2.47. The number of aliphatic imine (C=N–C) groups is 3. The molecule has 0 radical (unpaired) electrons. The third-order valence-corrected chi connectivity index (χ3v) is 27.7. The van der Waals surface area contributed by atoms with E-state index in [1.807, 2.05) is 30.8 Å². The van der Waals surface area contributed by atoms with E-state index < -0.39 is 83.2 Å². The zero-order valence-electron chi connectivity index (χ0n) is 71.9. The Morgan fingerprint density at radius 2 is 0.722 bits per heavy atom. The molecule has 0 bridgehead atoms. The van der Waals surface area contributed by atoms with E-state index in [4.69, 9.17) is 69.7 Å². The van der Waals surface area contributed by atoms with Crippen molar-refractivity contribution < 1.29 is 80.7 Å². The lowest BCUT2D eigenvalue weighted by atomic mass is 9.95. The number of anilines is 3. The molecule has 8 atom stereocenters. The number of carbonyl (C=O) groups is 9. The number of piperazine rings is 3. The van der Waals surface area contributed by atoms with Crippen LogP contribution in [0.2, 0.25) is 15.1 Å².